The van der Waals surface area contributed by atoms with Crippen LogP contribution in [0.3, 0.4) is 0 Å². The normalized spacial score (nSPS) is 10.4. The number of nitrogens with zero attached hydrogens (tertiary/aromatic N) is 1. The van der Waals surface area contributed by atoms with Crippen LogP contribution < -0.4 is 0 Å². The van der Waals surface area contributed by atoms with Crippen LogP contribution in [0, 0.1) is 6.20 Å². The largest absolute Gasteiger partial charge is 0.448 e. The third-order valence-electron chi connectivity index (χ3n) is 0.901. The Morgan fingerprint density at radius 3 is 2.75 bits per heavy atom. The molecule has 8 heavy (non-hydrogen) atoms. The van der Waals surface area contributed by atoms with Gasteiger partial charge in [-0.2, -0.15) is 0 Å². The SMILES string of the molecule is CC(C)c1n[c]co1. The van der Waals surface area contributed by atoms with Crippen molar-refractivity contribution in [2.45, 2.75) is 19.8 Å². The van der Waals surface area contributed by atoms with Crippen LogP contribution in [0.4, 0.5) is 0 Å². The van der Waals surface area contributed by atoms with Gasteiger partial charge in [0.25, 0.3) is 0 Å². The van der Waals surface area contributed by atoms with E-state index in [0.29, 0.717) is 5.92 Å². The molecule has 0 spiro atoms. The van der Waals surface area contributed by atoms with Crippen LogP contribution in [0.5, 0.6) is 0 Å². The van der Waals surface area contributed by atoms with Gasteiger partial charge in [-0.25, -0.2) is 4.98 Å². The standard InChI is InChI=1S/C6H8NO/c1-5(2)6-7-3-4-8-6/h4-5H,1-2H3. The summed E-state index contributed by atoms with van der Waals surface area (Å²) in [6, 6.07) is 0. The molecule has 1 aromatic heterocycles. The molecule has 0 amide bonds. The molecule has 0 bridgehead atoms. The minimum atomic E-state index is 0.376. The predicted octanol–water partition coefficient (Wildman–Crippen LogP) is 1.60. The van der Waals surface area contributed by atoms with Gasteiger partial charge in [-0.3, -0.25) is 0 Å². The van der Waals surface area contributed by atoms with Crippen molar-refractivity contribution in [3.05, 3.63) is 18.4 Å². The monoisotopic (exact) mass is 110 g/mol. The first kappa shape index (κ1) is 5.35. The van der Waals surface area contributed by atoms with Crippen LogP contribution in [0.25, 0.3) is 0 Å². The number of hydrogen-bond donors (Lipinski definition) is 0. The average molecular weight is 110 g/mol. The fraction of sp³-hybridized carbons (Fsp3) is 0.500. The highest BCUT2D eigenvalue weighted by Crippen LogP contribution is 2.08. The fourth-order valence-corrected chi connectivity index (χ4v) is 0.468. The van der Waals surface area contributed by atoms with Gasteiger partial charge in [0.05, 0.1) is 0 Å². The quantitative estimate of drug-likeness (QED) is 0.548. The molecule has 1 radical (unpaired) electrons. The van der Waals surface area contributed by atoms with Gasteiger partial charge < -0.3 is 4.42 Å². The Bertz CT molecular complexity index is 144. The first-order chi connectivity index (χ1) is 3.80. The molecule has 0 aromatic carbocycles. The maximum atomic E-state index is 4.93. The van der Waals surface area contributed by atoms with E-state index in [1.807, 2.05) is 13.8 Å². The molecule has 1 heterocycles. The van der Waals surface area contributed by atoms with E-state index < -0.39 is 0 Å². The maximum Gasteiger partial charge on any atom is 0.197 e. The van der Waals surface area contributed by atoms with Gasteiger partial charge in [-0.05, 0) is 0 Å². The van der Waals surface area contributed by atoms with Crippen LogP contribution in [-0.4, -0.2) is 4.98 Å². The van der Waals surface area contributed by atoms with Crippen molar-refractivity contribution >= 4 is 0 Å². The second kappa shape index (κ2) is 1.99. The molecule has 0 aliphatic rings. The summed E-state index contributed by atoms with van der Waals surface area (Å²) in [7, 11) is 0. The van der Waals surface area contributed by atoms with Crippen molar-refractivity contribution < 1.29 is 4.42 Å². The Labute approximate surface area is 48.5 Å². The van der Waals surface area contributed by atoms with Gasteiger partial charge in [-0.15, -0.1) is 0 Å². The Hall–Kier alpha value is -0.790. The lowest BCUT2D eigenvalue weighted by Crippen LogP contribution is -1.83. The summed E-state index contributed by atoms with van der Waals surface area (Å²) >= 11 is 0. The number of aromatic nitrogens is 1. The third kappa shape index (κ3) is 0.886. The number of hydrogen-bond acceptors (Lipinski definition) is 2. The van der Waals surface area contributed by atoms with Crippen molar-refractivity contribution in [3.8, 4) is 0 Å². The molecule has 0 aliphatic carbocycles. The predicted molar refractivity (Wildman–Crippen MR) is 29.4 cm³/mol. The molecule has 2 heteroatoms. The van der Waals surface area contributed by atoms with Crippen molar-refractivity contribution in [1.82, 2.24) is 4.98 Å². The number of rotatable bonds is 1. The zero-order chi connectivity index (χ0) is 5.98. The van der Waals surface area contributed by atoms with E-state index in [0.717, 1.165) is 5.89 Å². The van der Waals surface area contributed by atoms with Crippen molar-refractivity contribution in [3.63, 3.8) is 0 Å². The minimum Gasteiger partial charge on any atom is -0.448 e. The first-order valence-electron chi connectivity index (χ1n) is 2.62. The van der Waals surface area contributed by atoms with Gasteiger partial charge in [0, 0.05) is 5.92 Å². The molecular weight excluding hydrogens is 102 g/mol. The third-order valence-corrected chi connectivity index (χ3v) is 0.901. The summed E-state index contributed by atoms with van der Waals surface area (Å²) in [4.78, 5) is 3.82. The van der Waals surface area contributed by atoms with Gasteiger partial charge in [0.15, 0.2) is 5.89 Å². The maximum absolute atomic E-state index is 4.93. The van der Waals surface area contributed by atoms with E-state index in [-0.39, 0.29) is 0 Å². The Kier molecular flexibility index (Phi) is 1.33. The van der Waals surface area contributed by atoms with Gasteiger partial charge >= 0.3 is 0 Å². The smallest absolute Gasteiger partial charge is 0.197 e. The topological polar surface area (TPSA) is 26.0 Å². The lowest BCUT2D eigenvalue weighted by atomic mass is 10.2. The Balaban J connectivity index is 2.77. The molecule has 0 aliphatic heterocycles. The molecule has 0 saturated carbocycles. The second-order valence-corrected chi connectivity index (χ2v) is 1.97. The van der Waals surface area contributed by atoms with E-state index in [9.17, 15) is 0 Å². The van der Waals surface area contributed by atoms with Crippen molar-refractivity contribution in [2.75, 3.05) is 0 Å². The summed E-state index contributed by atoms with van der Waals surface area (Å²) in [5.41, 5.74) is 0. The van der Waals surface area contributed by atoms with E-state index >= 15 is 0 Å². The van der Waals surface area contributed by atoms with Crippen LogP contribution in [0.2, 0.25) is 0 Å². The summed E-state index contributed by atoms with van der Waals surface area (Å²) in [6.45, 7) is 4.05. The molecule has 0 saturated heterocycles. The molecule has 2 nitrogen and oxygen atoms in total. The zero-order valence-electron chi connectivity index (χ0n) is 5.01. The Morgan fingerprint density at radius 1 is 1.75 bits per heavy atom. The van der Waals surface area contributed by atoms with Crippen LogP contribution in [-0.2, 0) is 0 Å². The number of oxazole rings is 1. The van der Waals surface area contributed by atoms with E-state index in [1.54, 1.807) is 0 Å². The van der Waals surface area contributed by atoms with Crippen molar-refractivity contribution in [1.29, 1.82) is 0 Å². The van der Waals surface area contributed by atoms with E-state index in [2.05, 4.69) is 11.2 Å². The van der Waals surface area contributed by atoms with E-state index in [4.69, 9.17) is 4.42 Å². The molecule has 1 aromatic rings. The summed E-state index contributed by atoms with van der Waals surface area (Å²) < 4.78 is 4.93. The van der Waals surface area contributed by atoms with E-state index in [1.165, 1.54) is 6.26 Å². The molecular formula is C6H8NO. The molecule has 0 atom stereocenters. The van der Waals surface area contributed by atoms with Gasteiger partial charge in [0.2, 0.25) is 0 Å². The van der Waals surface area contributed by atoms with Gasteiger partial charge in [-0.1, -0.05) is 13.8 Å². The molecule has 0 unspecified atom stereocenters. The second-order valence-electron chi connectivity index (χ2n) is 1.97. The molecule has 1 rings (SSSR count). The first-order valence-corrected chi connectivity index (χ1v) is 2.62. The average Bonchev–Trinajstić information content (AvgIpc) is 2.12. The highest BCUT2D eigenvalue weighted by atomic mass is 16.3. The molecule has 43 valence electrons. The highest BCUT2D eigenvalue weighted by Gasteiger charge is 2.00. The van der Waals surface area contributed by atoms with Crippen molar-refractivity contribution in [2.24, 2.45) is 0 Å². The fourth-order valence-electron chi connectivity index (χ4n) is 0.468. The molecule has 0 N–H and O–H groups in total. The lowest BCUT2D eigenvalue weighted by Gasteiger charge is -1.92. The zero-order valence-corrected chi connectivity index (χ0v) is 5.01. The molecule has 0 fully saturated rings. The van der Waals surface area contributed by atoms with Crippen LogP contribution >= 0.6 is 0 Å². The highest BCUT2D eigenvalue weighted by molar-refractivity contribution is 4.84. The minimum absolute atomic E-state index is 0.376. The Morgan fingerprint density at radius 2 is 2.50 bits per heavy atom. The summed E-state index contributed by atoms with van der Waals surface area (Å²) in [5.74, 6) is 1.13. The van der Waals surface area contributed by atoms with Crippen LogP contribution in [0.1, 0.15) is 25.7 Å². The lowest BCUT2D eigenvalue weighted by molar-refractivity contribution is 0.471. The van der Waals surface area contributed by atoms with Crippen LogP contribution in [0.15, 0.2) is 10.7 Å². The van der Waals surface area contributed by atoms with Gasteiger partial charge in [0.1, 0.15) is 12.5 Å². The summed E-state index contributed by atoms with van der Waals surface area (Å²) in [6.07, 6.45) is 4.06. The summed E-state index contributed by atoms with van der Waals surface area (Å²) in [5, 5.41) is 0.